The van der Waals surface area contributed by atoms with Gasteiger partial charge in [0.05, 0.1) is 18.2 Å². The summed E-state index contributed by atoms with van der Waals surface area (Å²) in [6.45, 7) is 0. The molecule has 0 saturated heterocycles. The Bertz CT molecular complexity index is 1210. The Hall–Kier alpha value is -2.98. The Labute approximate surface area is 199 Å². The van der Waals surface area contributed by atoms with Gasteiger partial charge in [0.15, 0.2) is 0 Å². The molecule has 2 saturated carbocycles. The van der Waals surface area contributed by atoms with Crippen molar-refractivity contribution < 1.29 is 9.53 Å². The monoisotopic (exact) mass is 458 g/mol. The summed E-state index contributed by atoms with van der Waals surface area (Å²) in [5.41, 5.74) is 5.18. The lowest BCUT2D eigenvalue weighted by Gasteiger charge is -2.43. The topological polar surface area (TPSA) is 50.4 Å². The van der Waals surface area contributed by atoms with Crippen molar-refractivity contribution in [3.05, 3.63) is 88.4 Å². The Balaban J connectivity index is 1.32. The van der Waals surface area contributed by atoms with E-state index < -0.39 is 0 Å². The second-order valence-electron chi connectivity index (χ2n) is 9.57. The highest BCUT2D eigenvalue weighted by atomic mass is 35.5. The average Bonchev–Trinajstić information content (AvgIpc) is 3.47. The predicted molar refractivity (Wildman–Crippen MR) is 132 cm³/mol. The average molecular weight is 459 g/mol. The summed E-state index contributed by atoms with van der Waals surface area (Å²) < 4.78 is 5.21. The molecule has 33 heavy (non-hydrogen) atoms. The normalized spacial score (nSPS) is 26.8. The number of anilines is 2. The molecule has 5 atom stereocenters. The first-order valence-corrected chi connectivity index (χ1v) is 12.1. The number of benzene rings is 3. The largest absolute Gasteiger partial charge is 0.495 e. The van der Waals surface area contributed by atoms with E-state index in [4.69, 9.17) is 16.3 Å². The minimum atomic E-state index is -0.121. The zero-order valence-electron chi connectivity index (χ0n) is 18.6. The van der Waals surface area contributed by atoms with Gasteiger partial charge in [0, 0.05) is 16.9 Å². The highest BCUT2D eigenvalue weighted by Gasteiger charge is 2.53. The molecule has 0 radical (unpaired) electrons. The standard InChI is InChI=1S/C28H27ClN2O2/c1-33-24-12-10-20(15-22(24)29)30-28(32)19-9-11-23-21(14-19)25-17-7-8-18(13-17)26(25)27(31-23)16-5-3-2-4-6-16/h2-6,9-12,14-15,17-18,25-27,31H,7-8,13H2,1H3,(H,30,32)/t17-,18-,25-,26-,27+/m0/s1. The molecule has 6 rings (SSSR count). The molecule has 168 valence electrons. The van der Waals surface area contributed by atoms with E-state index in [1.54, 1.807) is 25.3 Å². The van der Waals surface area contributed by atoms with Crippen LogP contribution in [0, 0.1) is 17.8 Å². The maximum Gasteiger partial charge on any atom is 0.255 e. The lowest BCUT2D eigenvalue weighted by Crippen LogP contribution is -2.35. The number of amides is 1. The summed E-state index contributed by atoms with van der Waals surface area (Å²) in [4.78, 5) is 13.1. The van der Waals surface area contributed by atoms with Crippen molar-refractivity contribution in [1.29, 1.82) is 0 Å². The summed E-state index contributed by atoms with van der Waals surface area (Å²) in [6, 6.07) is 22.6. The van der Waals surface area contributed by atoms with Gasteiger partial charge in [0.1, 0.15) is 5.75 Å². The molecule has 2 aliphatic carbocycles. The van der Waals surface area contributed by atoms with Crippen LogP contribution in [0.4, 0.5) is 11.4 Å². The number of fused-ring (bicyclic) bond motifs is 7. The van der Waals surface area contributed by atoms with Crippen LogP contribution in [-0.2, 0) is 0 Å². The minimum absolute atomic E-state index is 0.121. The number of hydrogen-bond donors (Lipinski definition) is 2. The number of halogens is 1. The molecule has 2 bridgehead atoms. The van der Waals surface area contributed by atoms with Crippen molar-refractivity contribution in [1.82, 2.24) is 0 Å². The molecule has 1 amide bonds. The molecule has 1 aliphatic heterocycles. The van der Waals surface area contributed by atoms with Crippen LogP contribution in [-0.4, -0.2) is 13.0 Å². The molecule has 3 aromatic rings. The predicted octanol–water partition coefficient (Wildman–Crippen LogP) is 6.90. The maximum absolute atomic E-state index is 13.1. The van der Waals surface area contributed by atoms with Gasteiger partial charge in [-0.2, -0.15) is 0 Å². The zero-order valence-corrected chi connectivity index (χ0v) is 19.3. The Morgan fingerprint density at radius 1 is 1.03 bits per heavy atom. The van der Waals surface area contributed by atoms with Crippen molar-refractivity contribution >= 4 is 28.9 Å². The molecule has 3 aromatic carbocycles. The minimum Gasteiger partial charge on any atom is -0.495 e. The quantitative estimate of drug-likeness (QED) is 0.447. The van der Waals surface area contributed by atoms with Gasteiger partial charge in [0.25, 0.3) is 5.91 Å². The van der Waals surface area contributed by atoms with Crippen LogP contribution in [0.1, 0.15) is 52.7 Å². The maximum atomic E-state index is 13.1. The highest BCUT2D eigenvalue weighted by molar-refractivity contribution is 6.32. The van der Waals surface area contributed by atoms with Crippen LogP contribution in [0.5, 0.6) is 5.75 Å². The van der Waals surface area contributed by atoms with E-state index in [-0.39, 0.29) is 5.91 Å². The number of carbonyl (C=O) groups is 1. The number of rotatable bonds is 4. The van der Waals surface area contributed by atoms with Crippen LogP contribution in [0.25, 0.3) is 0 Å². The van der Waals surface area contributed by atoms with Gasteiger partial charge in [0.2, 0.25) is 0 Å². The Morgan fingerprint density at radius 3 is 2.64 bits per heavy atom. The van der Waals surface area contributed by atoms with E-state index >= 15 is 0 Å². The SMILES string of the molecule is COc1ccc(NC(=O)c2ccc3c(c2)[C@@H]2[C@H]4CC[C@@H](C4)[C@@H]2[C@@H](c2ccccc2)N3)cc1Cl. The molecule has 3 aliphatic rings. The van der Waals surface area contributed by atoms with Gasteiger partial charge in [-0.1, -0.05) is 41.9 Å². The number of nitrogens with one attached hydrogen (secondary N) is 2. The van der Waals surface area contributed by atoms with Crippen molar-refractivity contribution in [3.8, 4) is 5.75 Å². The fourth-order valence-electron chi connectivity index (χ4n) is 6.57. The Kier molecular flexibility index (Phi) is 5.06. The Morgan fingerprint density at radius 2 is 1.85 bits per heavy atom. The third-order valence-electron chi connectivity index (χ3n) is 7.92. The smallest absolute Gasteiger partial charge is 0.255 e. The van der Waals surface area contributed by atoms with Gasteiger partial charge in [-0.05, 0) is 90.5 Å². The van der Waals surface area contributed by atoms with Gasteiger partial charge >= 0.3 is 0 Å². The molecule has 4 nitrogen and oxygen atoms in total. The molecule has 2 fully saturated rings. The number of carbonyl (C=O) groups excluding carboxylic acids is 1. The fraction of sp³-hybridized carbons (Fsp3) is 0.321. The van der Waals surface area contributed by atoms with E-state index in [0.29, 0.717) is 45.8 Å². The van der Waals surface area contributed by atoms with Crippen molar-refractivity contribution in [2.24, 2.45) is 17.8 Å². The van der Waals surface area contributed by atoms with Gasteiger partial charge in [-0.3, -0.25) is 4.79 Å². The van der Waals surface area contributed by atoms with E-state index in [9.17, 15) is 4.79 Å². The second-order valence-corrected chi connectivity index (χ2v) is 9.98. The fourth-order valence-corrected chi connectivity index (χ4v) is 6.82. The summed E-state index contributed by atoms with van der Waals surface area (Å²) >= 11 is 6.23. The lowest BCUT2D eigenvalue weighted by atomic mass is 9.68. The van der Waals surface area contributed by atoms with Crippen LogP contribution in [0.2, 0.25) is 5.02 Å². The number of ether oxygens (including phenoxy) is 1. The molecule has 2 N–H and O–H groups in total. The van der Waals surface area contributed by atoms with Gasteiger partial charge in [-0.25, -0.2) is 0 Å². The van der Waals surface area contributed by atoms with Crippen molar-refractivity contribution in [2.45, 2.75) is 31.2 Å². The number of methoxy groups -OCH3 is 1. The summed E-state index contributed by atoms with van der Waals surface area (Å²) in [6.07, 6.45) is 3.93. The molecular formula is C28H27ClN2O2. The summed E-state index contributed by atoms with van der Waals surface area (Å²) in [5.74, 6) is 3.02. The first-order valence-electron chi connectivity index (χ1n) is 11.7. The van der Waals surface area contributed by atoms with Crippen LogP contribution in [0.3, 0.4) is 0 Å². The molecule has 0 aromatic heterocycles. The molecule has 0 unspecified atom stereocenters. The summed E-state index contributed by atoms with van der Waals surface area (Å²) in [7, 11) is 1.58. The van der Waals surface area contributed by atoms with Crippen molar-refractivity contribution in [3.63, 3.8) is 0 Å². The van der Waals surface area contributed by atoms with E-state index in [1.807, 2.05) is 6.07 Å². The van der Waals surface area contributed by atoms with E-state index in [1.165, 1.54) is 36.1 Å². The molecule has 0 spiro atoms. The van der Waals surface area contributed by atoms with E-state index in [2.05, 4.69) is 53.1 Å². The van der Waals surface area contributed by atoms with E-state index in [0.717, 1.165) is 5.92 Å². The second kappa shape index (κ2) is 8.11. The summed E-state index contributed by atoms with van der Waals surface area (Å²) in [5, 5.41) is 7.30. The third kappa shape index (κ3) is 3.48. The highest BCUT2D eigenvalue weighted by Crippen LogP contribution is 2.63. The van der Waals surface area contributed by atoms with Gasteiger partial charge < -0.3 is 15.4 Å². The van der Waals surface area contributed by atoms with Crippen molar-refractivity contribution in [2.75, 3.05) is 17.7 Å². The van der Waals surface area contributed by atoms with Crippen LogP contribution in [0.15, 0.2) is 66.7 Å². The lowest BCUT2D eigenvalue weighted by molar-refractivity contribution is 0.102. The molecule has 5 heteroatoms. The molecular weight excluding hydrogens is 432 g/mol. The molecule has 1 heterocycles. The first kappa shape index (κ1) is 20.6. The zero-order chi connectivity index (χ0) is 22.5. The number of hydrogen-bond acceptors (Lipinski definition) is 3. The van der Waals surface area contributed by atoms with Crippen LogP contribution < -0.4 is 15.4 Å². The first-order chi connectivity index (χ1) is 16.1. The third-order valence-corrected chi connectivity index (χ3v) is 8.21. The van der Waals surface area contributed by atoms with Crippen LogP contribution >= 0.6 is 11.6 Å². The van der Waals surface area contributed by atoms with Gasteiger partial charge in [-0.15, -0.1) is 0 Å².